The first kappa shape index (κ1) is 4.06. The maximum atomic E-state index is 12.1. The van der Waals surface area contributed by atoms with Crippen molar-refractivity contribution < 1.29 is 4.39 Å². The van der Waals surface area contributed by atoms with Gasteiger partial charge in [-0.3, -0.25) is 0 Å². The molecule has 0 aromatic carbocycles. The largest absolute Gasteiger partial charge is 0.328 e. The zero-order valence-corrected chi connectivity index (χ0v) is 3.58. The Morgan fingerprint density at radius 1 is 1.67 bits per heavy atom. The van der Waals surface area contributed by atoms with Crippen molar-refractivity contribution in [3.8, 4) is 0 Å². The van der Waals surface area contributed by atoms with Crippen molar-refractivity contribution in [1.29, 1.82) is 0 Å². The number of nitrogens with two attached hydrogens (primary N) is 1. The maximum absolute atomic E-state index is 12.1. The topological polar surface area (TPSA) is 26.0 Å². The van der Waals surface area contributed by atoms with E-state index in [1.165, 1.54) is 0 Å². The van der Waals surface area contributed by atoms with Crippen LogP contribution in [-0.2, 0) is 0 Å². The van der Waals surface area contributed by atoms with Crippen molar-refractivity contribution in [2.75, 3.05) is 6.54 Å². The van der Waals surface area contributed by atoms with Crippen LogP contribution in [0.4, 0.5) is 4.39 Å². The summed E-state index contributed by atoms with van der Waals surface area (Å²) in [6.07, 6.45) is 1.37. The van der Waals surface area contributed by atoms with Gasteiger partial charge in [0.2, 0.25) is 0 Å². The second-order valence-electron chi connectivity index (χ2n) is 1.86. The monoisotopic (exact) mass is 89.1 g/mol. The molecule has 36 valence electrons. The minimum Gasteiger partial charge on any atom is -0.328 e. The molecule has 0 atom stereocenters. The lowest BCUT2D eigenvalue weighted by Gasteiger charge is -1.92. The maximum Gasteiger partial charge on any atom is 0.123 e. The molecule has 0 unspecified atom stereocenters. The van der Waals surface area contributed by atoms with Gasteiger partial charge in [0.15, 0.2) is 0 Å². The van der Waals surface area contributed by atoms with Crippen molar-refractivity contribution >= 4 is 0 Å². The van der Waals surface area contributed by atoms with E-state index in [0.29, 0.717) is 12.8 Å². The highest BCUT2D eigenvalue weighted by atomic mass is 19.1. The molecule has 0 spiro atoms. The van der Waals surface area contributed by atoms with Crippen LogP contribution in [0.25, 0.3) is 0 Å². The Bertz CT molecular complexity index is 58.6. The van der Waals surface area contributed by atoms with Crippen LogP contribution in [0.2, 0.25) is 0 Å². The normalized spacial score (nSPS) is 27.0. The molecular formula is C4H8FN. The standard InChI is InChI=1S/C4H8FN/c5-4(3-6)1-2-4/h1-3,6H2. The summed E-state index contributed by atoms with van der Waals surface area (Å²) < 4.78 is 12.1. The van der Waals surface area contributed by atoms with Crippen molar-refractivity contribution in [1.82, 2.24) is 0 Å². The van der Waals surface area contributed by atoms with E-state index in [-0.39, 0.29) is 6.54 Å². The molecular weight excluding hydrogens is 81.0 g/mol. The number of rotatable bonds is 1. The van der Waals surface area contributed by atoms with Gasteiger partial charge in [-0.05, 0) is 12.8 Å². The lowest BCUT2D eigenvalue weighted by atomic mass is 10.4. The molecule has 1 aliphatic carbocycles. The molecule has 2 N–H and O–H groups in total. The Labute approximate surface area is 36.3 Å². The number of alkyl halides is 1. The van der Waals surface area contributed by atoms with Crippen LogP contribution in [0.15, 0.2) is 0 Å². The van der Waals surface area contributed by atoms with Crippen LogP contribution in [-0.4, -0.2) is 12.2 Å². The van der Waals surface area contributed by atoms with Gasteiger partial charge < -0.3 is 5.73 Å². The summed E-state index contributed by atoms with van der Waals surface area (Å²) in [6.45, 7) is 0.215. The predicted octanol–water partition coefficient (Wildman–Crippen LogP) is 0.447. The van der Waals surface area contributed by atoms with E-state index in [1.54, 1.807) is 0 Å². The summed E-state index contributed by atoms with van der Waals surface area (Å²) in [5, 5.41) is 0. The Morgan fingerprint density at radius 2 is 2.17 bits per heavy atom. The molecule has 0 aromatic rings. The van der Waals surface area contributed by atoms with E-state index >= 15 is 0 Å². The fourth-order valence-corrected chi connectivity index (χ4v) is 0.340. The van der Waals surface area contributed by atoms with Crippen LogP contribution in [0.3, 0.4) is 0 Å². The van der Waals surface area contributed by atoms with E-state index in [2.05, 4.69) is 0 Å². The average Bonchev–Trinajstić information content (AvgIpc) is 2.22. The van der Waals surface area contributed by atoms with Gasteiger partial charge in [0, 0.05) is 6.54 Å². The fourth-order valence-electron chi connectivity index (χ4n) is 0.340. The van der Waals surface area contributed by atoms with Crippen molar-refractivity contribution in [3.05, 3.63) is 0 Å². The molecule has 2 heteroatoms. The quantitative estimate of drug-likeness (QED) is 0.496. The van der Waals surface area contributed by atoms with Gasteiger partial charge >= 0.3 is 0 Å². The Kier molecular flexibility index (Phi) is 0.634. The summed E-state index contributed by atoms with van der Waals surface area (Å²) in [4.78, 5) is 0. The van der Waals surface area contributed by atoms with Gasteiger partial charge in [0.1, 0.15) is 5.67 Å². The predicted molar refractivity (Wildman–Crippen MR) is 22.1 cm³/mol. The third-order valence-corrected chi connectivity index (χ3v) is 1.16. The molecule has 1 rings (SSSR count). The first-order valence-electron chi connectivity index (χ1n) is 2.16. The lowest BCUT2D eigenvalue weighted by molar-refractivity contribution is 0.319. The Hall–Kier alpha value is -0.110. The fraction of sp³-hybridized carbons (Fsp3) is 1.00. The first-order valence-corrected chi connectivity index (χ1v) is 2.16. The van der Waals surface area contributed by atoms with Gasteiger partial charge in [-0.2, -0.15) is 0 Å². The SMILES string of the molecule is NCC1(F)CC1. The summed E-state index contributed by atoms with van der Waals surface area (Å²) >= 11 is 0. The van der Waals surface area contributed by atoms with E-state index in [1.807, 2.05) is 0 Å². The molecule has 1 saturated carbocycles. The Balaban J connectivity index is 2.28. The van der Waals surface area contributed by atoms with Crippen LogP contribution in [0.5, 0.6) is 0 Å². The van der Waals surface area contributed by atoms with E-state index in [4.69, 9.17) is 5.73 Å². The third-order valence-electron chi connectivity index (χ3n) is 1.16. The molecule has 1 aliphatic rings. The number of hydrogen-bond donors (Lipinski definition) is 1. The molecule has 0 aliphatic heterocycles. The van der Waals surface area contributed by atoms with Crippen molar-refractivity contribution in [2.45, 2.75) is 18.5 Å². The zero-order valence-electron chi connectivity index (χ0n) is 3.58. The van der Waals surface area contributed by atoms with Gasteiger partial charge in [-0.1, -0.05) is 0 Å². The van der Waals surface area contributed by atoms with E-state index in [0.717, 1.165) is 0 Å². The molecule has 0 bridgehead atoms. The molecule has 6 heavy (non-hydrogen) atoms. The summed E-state index contributed by atoms with van der Waals surface area (Å²) in [5.41, 5.74) is 4.06. The van der Waals surface area contributed by atoms with Crippen LogP contribution < -0.4 is 5.73 Å². The summed E-state index contributed by atoms with van der Waals surface area (Å²) in [6, 6.07) is 0. The number of hydrogen-bond acceptors (Lipinski definition) is 1. The first-order chi connectivity index (χ1) is 2.77. The zero-order chi connectivity index (χ0) is 4.62. The second kappa shape index (κ2) is 0.936. The third kappa shape index (κ3) is 0.522. The average molecular weight is 89.1 g/mol. The highest BCUT2D eigenvalue weighted by Gasteiger charge is 2.41. The highest BCUT2D eigenvalue weighted by molar-refractivity contribution is 4.94. The van der Waals surface area contributed by atoms with Gasteiger partial charge in [-0.15, -0.1) is 0 Å². The van der Waals surface area contributed by atoms with Crippen molar-refractivity contribution in [2.24, 2.45) is 5.73 Å². The van der Waals surface area contributed by atoms with Gasteiger partial charge in [-0.25, -0.2) is 4.39 Å². The van der Waals surface area contributed by atoms with Crippen LogP contribution in [0, 0.1) is 0 Å². The van der Waals surface area contributed by atoms with Gasteiger partial charge in [0.25, 0.3) is 0 Å². The molecule has 0 radical (unpaired) electrons. The van der Waals surface area contributed by atoms with Crippen molar-refractivity contribution in [3.63, 3.8) is 0 Å². The minimum absolute atomic E-state index is 0.215. The molecule has 0 amide bonds. The minimum atomic E-state index is -0.931. The van der Waals surface area contributed by atoms with E-state index < -0.39 is 5.67 Å². The molecule has 1 fully saturated rings. The second-order valence-corrected chi connectivity index (χ2v) is 1.86. The van der Waals surface area contributed by atoms with Crippen LogP contribution >= 0.6 is 0 Å². The molecule has 0 aromatic heterocycles. The highest BCUT2D eigenvalue weighted by Crippen LogP contribution is 2.37. The Morgan fingerprint density at radius 3 is 2.17 bits per heavy atom. The van der Waals surface area contributed by atoms with Gasteiger partial charge in [0.05, 0.1) is 0 Å². The van der Waals surface area contributed by atoms with E-state index in [9.17, 15) is 4.39 Å². The van der Waals surface area contributed by atoms with Crippen LogP contribution in [0.1, 0.15) is 12.8 Å². The number of halogens is 1. The lowest BCUT2D eigenvalue weighted by Crippen LogP contribution is -2.15. The smallest absolute Gasteiger partial charge is 0.123 e. The molecule has 1 nitrogen and oxygen atoms in total. The molecule has 0 heterocycles. The molecule has 0 saturated heterocycles. The summed E-state index contributed by atoms with van der Waals surface area (Å²) in [7, 11) is 0. The summed E-state index contributed by atoms with van der Waals surface area (Å²) in [5.74, 6) is 0.